The summed E-state index contributed by atoms with van der Waals surface area (Å²) in [7, 11) is 0. The zero-order chi connectivity index (χ0) is 23.2. The number of thioether (sulfide) groups is 1. The predicted octanol–water partition coefficient (Wildman–Crippen LogP) is 4.98. The molecule has 1 saturated heterocycles. The lowest BCUT2D eigenvalue weighted by atomic mass is 9.90. The number of nitrogens with one attached hydrogen (secondary N) is 1. The zero-order valence-corrected chi connectivity index (χ0v) is 19.0. The van der Waals surface area contributed by atoms with Crippen LogP contribution in [0, 0.1) is 6.92 Å². The maximum atomic E-state index is 13.1. The van der Waals surface area contributed by atoms with Crippen LogP contribution in [0.5, 0.6) is 0 Å². The Balaban J connectivity index is 1.41. The minimum absolute atomic E-state index is 0.123. The van der Waals surface area contributed by atoms with Crippen molar-refractivity contribution >= 4 is 34.9 Å². The van der Waals surface area contributed by atoms with Gasteiger partial charge in [0.15, 0.2) is 0 Å². The molecule has 6 heteroatoms. The number of hydrogen-bond donors (Lipinski definition) is 1. The van der Waals surface area contributed by atoms with E-state index in [1.165, 1.54) is 4.90 Å². The second-order valence-electron chi connectivity index (χ2n) is 7.79. The molecule has 1 N–H and O–H groups in total. The van der Waals surface area contributed by atoms with Gasteiger partial charge in [0, 0.05) is 13.1 Å². The molecule has 1 aliphatic rings. The van der Waals surface area contributed by atoms with E-state index in [1.54, 1.807) is 6.08 Å². The van der Waals surface area contributed by atoms with Crippen molar-refractivity contribution in [2.75, 3.05) is 13.1 Å². The lowest BCUT2D eigenvalue weighted by Crippen LogP contribution is -2.39. The lowest BCUT2D eigenvalue weighted by Gasteiger charge is -2.19. The number of rotatable bonds is 7. The van der Waals surface area contributed by atoms with E-state index in [1.807, 2.05) is 91.9 Å². The molecule has 33 heavy (non-hydrogen) atoms. The molecule has 0 aliphatic carbocycles. The Morgan fingerprint density at radius 2 is 1.48 bits per heavy atom. The van der Waals surface area contributed by atoms with Crippen LogP contribution >= 0.6 is 11.8 Å². The summed E-state index contributed by atoms with van der Waals surface area (Å²) < 4.78 is 0. The molecule has 4 rings (SSSR count). The number of aryl methyl sites for hydroxylation is 1. The van der Waals surface area contributed by atoms with E-state index in [9.17, 15) is 14.4 Å². The highest BCUT2D eigenvalue weighted by molar-refractivity contribution is 8.18. The number of hydrogen-bond acceptors (Lipinski definition) is 4. The third-order valence-electron chi connectivity index (χ3n) is 5.41. The summed E-state index contributed by atoms with van der Waals surface area (Å²) in [4.78, 5) is 39.8. The first-order valence-electron chi connectivity index (χ1n) is 10.7. The quantitative estimate of drug-likeness (QED) is 0.509. The minimum atomic E-state index is -0.469. The molecule has 0 unspecified atom stereocenters. The molecule has 0 aromatic heterocycles. The number of benzene rings is 3. The Hall–Kier alpha value is -3.64. The summed E-state index contributed by atoms with van der Waals surface area (Å²) in [5.41, 5.74) is 3.76. The van der Waals surface area contributed by atoms with Gasteiger partial charge >= 0.3 is 0 Å². The molecular formula is C27H24N2O3S. The largest absolute Gasteiger partial charge is 0.353 e. The van der Waals surface area contributed by atoms with Gasteiger partial charge in [0.1, 0.15) is 0 Å². The topological polar surface area (TPSA) is 66.5 Å². The van der Waals surface area contributed by atoms with E-state index in [-0.39, 0.29) is 30.1 Å². The third kappa shape index (κ3) is 5.41. The molecule has 0 saturated carbocycles. The van der Waals surface area contributed by atoms with E-state index in [0.717, 1.165) is 34.0 Å². The zero-order valence-electron chi connectivity index (χ0n) is 18.2. The molecular weight excluding hydrogens is 432 g/mol. The van der Waals surface area contributed by atoms with Gasteiger partial charge in [-0.3, -0.25) is 19.3 Å². The van der Waals surface area contributed by atoms with Gasteiger partial charge in [-0.1, -0.05) is 90.5 Å². The van der Waals surface area contributed by atoms with Gasteiger partial charge in [-0.25, -0.2) is 0 Å². The standard InChI is InChI=1S/C27H24N2O3S/c1-19-12-14-20(15-13-19)18-23-26(31)29(27(32)33-23)17-16-28-25(30)24(21-8-4-2-5-9-21)22-10-6-3-7-11-22/h2-15,18,24H,16-17H2,1H3,(H,28,30). The predicted molar refractivity (Wildman–Crippen MR) is 132 cm³/mol. The SMILES string of the molecule is Cc1ccc(C=C2SC(=O)N(CCNC(=O)C(c3ccccc3)c3ccccc3)C2=O)cc1. The van der Waals surface area contributed by atoms with Crippen molar-refractivity contribution < 1.29 is 14.4 Å². The van der Waals surface area contributed by atoms with Crippen molar-refractivity contribution in [2.45, 2.75) is 12.8 Å². The number of carbonyl (C=O) groups is 3. The number of amides is 3. The molecule has 3 amide bonds. The van der Waals surface area contributed by atoms with Crippen molar-refractivity contribution in [1.29, 1.82) is 0 Å². The minimum Gasteiger partial charge on any atom is -0.353 e. The van der Waals surface area contributed by atoms with Gasteiger partial charge in [0.05, 0.1) is 10.8 Å². The average Bonchev–Trinajstić information content (AvgIpc) is 3.09. The second kappa shape index (κ2) is 10.3. The maximum absolute atomic E-state index is 13.1. The van der Waals surface area contributed by atoms with Crippen LogP contribution in [0.25, 0.3) is 6.08 Å². The molecule has 1 heterocycles. The van der Waals surface area contributed by atoms with Crippen LogP contribution in [0.4, 0.5) is 4.79 Å². The van der Waals surface area contributed by atoms with Crippen LogP contribution < -0.4 is 5.32 Å². The Labute approximate surface area is 197 Å². The first-order chi connectivity index (χ1) is 16.0. The molecule has 0 spiro atoms. The van der Waals surface area contributed by atoms with Crippen LogP contribution in [0.2, 0.25) is 0 Å². The van der Waals surface area contributed by atoms with Crippen molar-refractivity contribution in [3.05, 3.63) is 112 Å². The highest BCUT2D eigenvalue weighted by atomic mass is 32.2. The smallest absolute Gasteiger partial charge is 0.293 e. The number of nitrogens with zero attached hydrogens (tertiary/aromatic N) is 1. The lowest BCUT2D eigenvalue weighted by molar-refractivity contribution is -0.124. The maximum Gasteiger partial charge on any atom is 0.293 e. The fourth-order valence-electron chi connectivity index (χ4n) is 3.69. The van der Waals surface area contributed by atoms with Crippen molar-refractivity contribution in [2.24, 2.45) is 0 Å². The summed E-state index contributed by atoms with van der Waals surface area (Å²) >= 11 is 0.926. The molecule has 0 radical (unpaired) electrons. The van der Waals surface area contributed by atoms with Gasteiger partial charge < -0.3 is 5.32 Å². The van der Waals surface area contributed by atoms with E-state index >= 15 is 0 Å². The van der Waals surface area contributed by atoms with E-state index in [2.05, 4.69) is 5.32 Å². The van der Waals surface area contributed by atoms with Crippen LogP contribution in [0.1, 0.15) is 28.2 Å². The first-order valence-corrected chi connectivity index (χ1v) is 11.5. The summed E-state index contributed by atoms with van der Waals surface area (Å²) in [5.74, 6) is -0.971. The van der Waals surface area contributed by atoms with Crippen LogP contribution in [-0.2, 0) is 9.59 Å². The number of carbonyl (C=O) groups excluding carboxylic acids is 3. The molecule has 0 bridgehead atoms. The number of imide groups is 1. The monoisotopic (exact) mass is 456 g/mol. The molecule has 1 aliphatic heterocycles. The van der Waals surface area contributed by atoms with Gasteiger partial charge in [-0.05, 0) is 41.5 Å². The van der Waals surface area contributed by atoms with Crippen molar-refractivity contribution in [1.82, 2.24) is 10.2 Å². The Morgan fingerprint density at radius 3 is 2.06 bits per heavy atom. The molecule has 166 valence electrons. The summed E-state index contributed by atoms with van der Waals surface area (Å²) in [6.07, 6.45) is 1.73. The van der Waals surface area contributed by atoms with Crippen LogP contribution in [-0.4, -0.2) is 35.0 Å². The van der Waals surface area contributed by atoms with Gasteiger partial charge in [-0.15, -0.1) is 0 Å². The van der Waals surface area contributed by atoms with Gasteiger partial charge in [-0.2, -0.15) is 0 Å². The fourth-order valence-corrected chi connectivity index (χ4v) is 4.55. The van der Waals surface area contributed by atoms with E-state index in [4.69, 9.17) is 0 Å². The van der Waals surface area contributed by atoms with E-state index in [0.29, 0.717) is 4.91 Å². The van der Waals surface area contributed by atoms with Crippen LogP contribution in [0.3, 0.4) is 0 Å². The highest BCUT2D eigenvalue weighted by Gasteiger charge is 2.34. The summed E-state index contributed by atoms with van der Waals surface area (Å²) in [6, 6.07) is 26.9. The van der Waals surface area contributed by atoms with Gasteiger partial charge in [0.25, 0.3) is 11.1 Å². The highest BCUT2D eigenvalue weighted by Crippen LogP contribution is 2.32. The van der Waals surface area contributed by atoms with Crippen molar-refractivity contribution in [3.63, 3.8) is 0 Å². The molecule has 3 aromatic rings. The molecule has 3 aromatic carbocycles. The van der Waals surface area contributed by atoms with Gasteiger partial charge in [0.2, 0.25) is 5.91 Å². The average molecular weight is 457 g/mol. The van der Waals surface area contributed by atoms with Crippen LogP contribution in [0.15, 0.2) is 89.8 Å². The second-order valence-corrected chi connectivity index (χ2v) is 8.78. The third-order valence-corrected chi connectivity index (χ3v) is 6.32. The van der Waals surface area contributed by atoms with Crippen molar-refractivity contribution in [3.8, 4) is 0 Å². The first kappa shape index (κ1) is 22.6. The Morgan fingerprint density at radius 1 is 0.909 bits per heavy atom. The normalized spacial score (nSPS) is 14.8. The molecule has 1 fully saturated rings. The molecule has 5 nitrogen and oxygen atoms in total. The fraction of sp³-hybridized carbons (Fsp3) is 0.148. The summed E-state index contributed by atoms with van der Waals surface area (Å²) in [6.45, 7) is 2.30. The Kier molecular flexibility index (Phi) is 7.05. The molecule has 0 atom stereocenters. The Bertz CT molecular complexity index is 1140. The summed E-state index contributed by atoms with van der Waals surface area (Å²) in [5, 5.41) is 2.58. The van der Waals surface area contributed by atoms with E-state index < -0.39 is 5.92 Å².